The third-order valence-corrected chi connectivity index (χ3v) is 3.44. The molecular formula is C13H21N3O4. The van der Waals surface area contributed by atoms with E-state index in [9.17, 15) is 9.90 Å². The standard InChI is InChI=1S/C13H21N3O4/c1-13(2,3)9-6-10(14-20-9)16-11(17)8(7-19-5)15(4)12(16)18/h6,8,11,17H,7H2,1-5H3/t8-,11?/m1/s1. The summed E-state index contributed by atoms with van der Waals surface area (Å²) in [5.74, 6) is 0.975. The van der Waals surface area contributed by atoms with Gasteiger partial charge in [-0.25, -0.2) is 9.69 Å². The Labute approximate surface area is 118 Å². The number of aromatic nitrogens is 1. The molecule has 2 heterocycles. The predicted octanol–water partition coefficient (Wildman–Crippen LogP) is 1.18. The van der Waals surface area contributed by atoms with Gasteiger partial charge in [-0.1, -0.05) is 25.9 Å². The molecule has 0 spiro atoms. The van der Waals surface area contributed by atoms with E-state index >= 15 is 0 Å². The molecule has 0 radical (unpaired) electrons. The number of nitrogens with zero attached hydrogens (tertiary/aromatic N) is 3. The van der Waals surface area contributed by atoms with Crippen molar-refractivity contribution in [2.45, 2.75) is 38.5 Å². The molecule has 1 saturated heterocycles. The van der Waals surface area contributed by atoms with Crippen LogP contribution in [-0.4, -0.2) is 54.2 Å². The van der Waals surface area contributed by atoms with Crippen LogP contribution in [0.25, 0.3) is 0 Å². The lowest BCUT2D eigenvalue weighted by molar-refractivity contribution is 0.0630. The summed E-state index contributed by atoms with van der Waals surface area (Å²) in [5.41, 5.74) is -0.212. The van der Waals surface area contributed by atoms with Gasteiger partial charge in [0, 0.05) is 25.6 Å². The Bertz CT molecular complexity index is 494. The molecule has 1 aliphatic heterocycles. The number of carbonyl (C=O) groups excluding carboxylic acids is 1. The normalized spacial score (nSPS) is 23.8. The topological polar surface area (TPSA) is 79.0 Å². The summed E-state index contributed by atoms with van der Waals surface area (Å²) in [6.45, 7) is 6.21. The van der Waals surface area contributed by atoms with E-state index in [1.807, 2.05) is 20.8 Å². The first-order chi connectivity index (χ1) is 9.27. The van der Waals surface area contributed by atoms with Gasteiger partial charge in [-0.2, -0.15) is 0 Å². The number of anilines is 1. The zero-order valence-corrected chi connectivity index (χ0v) is 12.5. The molecule has 2 amide bonds. The second kappa shape index (κ2) is 5.06. The van der Waals surface area contributed by atoms with Crippen LogP contribution in [0.2, 0.25) is 0 Å². The van der Waals surface area contributed by atoms with E-state index in [0.29, 0.717) is 11.6 Å². The van der Waals surface area contributed by atoms with Gasteiger partial charge in [0.1, 0.15) is 11.8 Å². The third kappa shape index (κ3) is 2.38. The van der Waals surface area contributed by atoms with Crippen LogP contribution in [0.5, 0.6) is 0 Å². The van der Waals surface area contributed by atoms with E-state index < -0.39 is 12.3 Å². The highest BCUT2D eigenvalue weighted by atomic mass is 16.5. The fraction of sp³-hybridized carbons (Fsp3) is 0.692. The van der Waals surface area contributed by atoms with Crippen molar-refractivity contribution in [3.8, 4) is 0 Å². The van der Waals surface area contributed by atoms with Crippen molar-refractivity contribution in [1.82, 2.24) is 10.1 Å². The lowest BCUT2D eigenvalue weighted by Crippen LogP contribution is -2.39. The van der Waals surface area contributed by atoms with E-state index in [2.05, 4.69) is 5.16 Å². The van der Waals surface area contributed by atoms with Crippen molar-refractivity contribution in [3.05, 3.63) is 11.8 Å². The van der Waals surface area contributed by atoms with Crippen molar-refractivity contribution < 1.29 is 19.2 Å². The number of amides is 2. The molecule has 112 valence electrons. The fourth-order valence-electron chi connectivity index (χ4n) is 2.13. The van der Waals surface area contributed by atoms with Crippen LogP contribution in [0.4, 0.5) is 10.6 Å². The number of rotatable bonds is 3. The smallest absolute Gasteiger partial charge is 0.328 e. The van der Waals surface area contributed by atoms with E-state index in [-0.39, 0.29) is 18.1 Å². The number of urea groups is 1. The minimum absolute atomic E-state index is 0.212. The van der Waals surface area contributed by atoms with Crippen molar-refractivity contribution in [2.24, 2.45) is 0 Å². The average Bonchev–Trinajstić information content (AvgIpc) is 2.90. The van der Waals surface area contributed by atoms with Gasteiger partial charge < -0.3 is 19.3 Å². The fourth-order valence-corrected chi connectivity index (χ4v) is 2.13. The highest BCUT2D eigenvalue weighted by molar-refractivity contribution is 5.94. The molecule has 1 aromatic rings. The van der Waals surface area contributed by atoms with Gasteiger partial charge in [-0.05, 0) is 0 Å². The highest BCUT2D eigenvalue weighted by Gasteiger charge is 2.45. The van der Waals surface area contributed by atoms with Crippen molar-refractivity contribution in [2.75, 3.05) is 25.7 Å². The van der Waals surface area contributed by atoms with E-state index in [0.717, 1.165) is 0 Å². The van der Waals surface area contributed by atoms with Crippen LogP contribution in [0.15, 0.2) is 10.6 Å². The Hall–Kier alpha value is -1.60. The molecule has 7 nitrogen and oxygen atoms in total. The van der Waals surface area contributed by atoms with Crippen LogP contribution in [0, 0.1) is 0 Å². The van der Waals surface area contributed by atoms with E-state index in [1.165, 1.54) is 16.9 Å². The number of hydrogen-bond donors (Lipinski definition) is 1. The summed E-state index contributed by atoms with van der Waals surface area (Å²) in [6.07, 6.45) is -1.01. The molecule has 1 fully saturated rings. The number of carbonyl (C=O) groups is 1. The lowest BCUT2D eigenvalue weighted by atomic mass is 9.93. The van der Waals surface area contributed by atoms with Gasteiger partial charge in [-0.15, -0.1) is 0 Å². The van der Waals surface area contributed by atoms with Gasteiger partial charge in [0.2, 0.25) is 0 Å². The van der Waals surface area contributed by atoms with E-state index in [1.54, 1.807) is 13.1 Å². The number of ether oxygens (including phenoxy) is 1. The maximum Gasteiger partial charge on any atom is 0.328 e. The Balaban J connectivity index is 2.28. The Morgan fingerprint density at radius 1 is 1.50 bits per heavy atom. The second-order valence-electron chi connectivity index (χ2n) is 6.00. The lowest BCUT2D eigenvalue weighted by Gasteiger charge is -2.19. The van der Waals surface area contributed by atoms with Crippen molar-refractivity contribution >= 4 is 11.8 Å². The SMILES string of the molecule is COC[C@@H]1C(O)N(c2cc(C(C)(C)C)on2)C(=O)N1C. The van der Waals surface area contributed by atoms with Gasteiger partial charge in [0.25, 0.3) is 0 Å². The Kier molecular flexibility index (Phi) is 3.75. The molecular weight excluding hydrogens is 262 g/mol. The van der Waals surface area contributed by atoms with Gasteiger partial charge >= 0.3 is 6.03 Å². The first-order valence-corrected chi connectivity index (χ1v) is 6.47. The van der Waals surface area contributed by atoms with Crippen LogP contribution in [0.1, 0.15) is 26.5 Å². The second-order valence-corrected chi connectivity index (χ2v) is 6.00. The maximum absolute atomic E-state index is 12.2. The summed E-state index contributed by atoms with van der Waals surface area (Å²) in [4.78, 5) is 14.9. The summed E-state index contributed by atoms with van der Waals surface area (Å²) in [5, 5.41) is 14.2. The van der Waals surface area contributed by atoms with Crippen LogP contribution in [-0.2, 0) is 10.2 Å². The third-order valence-electron chi connectivity index (χ3n) is 3.44. The molecule has 2 atom stereocenters. The summed E-state index contributed by atoms with van der Waals surface area (Å²) >= 11 is 0. The predicted molar refractivity (Wildman–Crippen MR) is 72.5 cm³/mol. The quantitative estimate of drug-likeness (QED) is 0.901. The first-order valence-electron chi connectivity index (χ1n) is 6.47. The average molecular weight is 283 g/mol. The first kappa shape index (κ1) is 14.8. The number of aliphatic hydroxyl groups excluding tert-OH is 1. The van der Waals surface area contributed by atoms with Gasteiger partial charge in [0.05, 0.1) is 6.61 Å². The molecule has 0 aromatic carbocycles. The molecule has 1 unspecified atom stereocenters. The van der Waals surface area contributed by atoms with Gasteiger partial charge in [0.15, 0.2) is 12.0 Å². The van der Waals surface area contributed by atoms with E-state index in [4.69, 9.17) is 9.26 Å². The van der Waals surface area contributed by atoms with Crippen molar-refractivity contribution in [3.63, 3.8) is 0 Å². The highest BCUT2D eigenvalue weighted by Crippen LogP contribution is 2.30. The number of hydrogen-bond acceptors (Lipinski definition) is 5. The van der Waals surface area contributed by atoms with Crippen LogP contribution < -0.4 is 4.90 Å². The minimum atomic E-state index is -1.01. The largest absolute Gasteiger partial charge is 0.382 e. The molecule has 1 aliphatic rings. The molecule has 7 heteroatoms. The zero-order valence-electron chi connectivity index (χ0n) is 12.5. The zero-order chi connectivity index (χ0) is 15.1. The molecule has 1 N–H and O–H groups in total. The Morgan fingerprint density at radius 2 is 2.15 bits per heavy atom. The Morgan fingerprint density at radius 3 is 2.65 bits per heavy atom. The molecule has 1 aromatic heterocycles. The van der Waals surface area contributed by atoms with Crippen LogP contribution >= 0.6 is 0 Å². The molecule has 20 heavy (non-hydrogen) atoms. The summed E-state index contributed by atoms with van der Waals surface area (Å²) in [6, 6.07) is 0.931. The number of likely N-dealkylation sites (N-methyl/N-ethyl adjacent to an activating group) is 1. The van der Waals surface area contributed by atoms with Gasteiger partial charge in [-0.3, -0.25) is 0 Å². The minimum Gasteiger partial charge on any atom is -0.382 e. The molecule has 0 bridgehead atoms. The molecule has 0 aliphatic carbocycles. The monoisotopic (exact) mass is 283 g/mol. The number of aliphatic hydroxyl groups is 1. The maximum atomic E-state index is 12.2. The number of methoxy groups -OCH3 is 1. The molecule has 0 saturated carbocycles. The van der Waals surface area contributed by atoms with Crippen LogP contribution in [0.3, 0.4) is 0 Å². The summed E-state index contributed by atoms with van der Waals surface area (Å²) < 4.78 is 10.3. The van der Waals surface area contributed by atoms with Crippen molar-refractivity contribution in [1.29, 1.82) is 0 Å². The summed E-state index contributed by atoms with van der Waals surface area (Å²) in [7, 11) is 3.15. The molecule has 2 rings (SSSR count).